The molecule has 6 rings (SSSR count). The summed E-state index contributed by atoms with van der Waals surface area (Å²) in [4.78, 5) is 7.16. The van der Waals surface area contributed by atoms with E-state index in [1.807, 2.05) is 0 Å². The zero-order valence-electron chi connectivity index (χ0n) is 13.9. The van der Waals surface area contributed by atoms with Crippen LogP contribution in [0, 0.1) is 11.8 Å². The lowest BCUT2D eigenvalue weighted by Crippen LogP contribution is -2.60. The number of benzene rings is 1. The van der Waals surface area contributed by atoms with E-state index in [9.17, 15) is 10.2 Å². The summed E-state index contributed by atoms with van der Waals surface area (Å²) in [5.74, 6) is 1.25. The number of hydrogen-bond acceptors (Lipinski definition) is 5. The molecule has 3 fully saturated rings. The van der Waals surface area contributed by atoms with Gasteiger partial charge in [0.2, 0.25) is 0 Å². The van der Waals surface area contributed by atoms with Gasteiger partial charge < -0.3 is 20.4 Å². The van der Waals surface area contributed by atoms with Crippen molar-refractivity contribution in [3.05, 3.63) is 23.4 Å². The minimum Gasteiger partial charge on any atom is -0.504 e. The van der Waals surface area contributed by atoms with Crippen molar-refractivity contribution >= 4 is 16.6 Å². The van der Waals surface area contributed by atoms with Gasteiger partial charge in [-0.15, -0.1) is 0 Å². The van der Waals surface area contributed by atoms with Crippen LogP contribution < -0.4 is 5.32 Å². The summed E-state index contributed by atoms with van der Waals surface area (Å²) in [6, 6.07) is 3.77. The van der Waals surface area contributed by atoms with Gasteiger partial charge >= 0.3 is 0 Å². The van der Waals surface area contributed by atoms with Gasteiger partial charge in [0.25, 0.3) is 0 Å². The molecule has 3 N–H and O–H groups in total. The molecule has 2 atom stereocenters. The SMILES string of the molecule is CN1CC2CC(C1)C2Nc1c2c(nc3cc(O)c(O)cc13)CCC2. The number of phenolic OH excluding ortho intramolecular Hbond substituents is 2. The summed E-state index contributed by atoms with van der Waals surface area (Å²) in [6.45, 7) is 2.32. The van der Waals surface area contributed by atoms with Crippen LogP contribution in [-0.4, -0.2) is 46.3 Å². The number of rotatable bonds is 2. The maximum absolute atomic E-state index is 9.98. The molecule has 0 spiro atoms. The highest BCUT2D eigenvalue weighted by Crippen LogP contribution is 2.45. The van der Waals surface area contributed by atoms with Crippen molar-refractivity contribution in [2.24, 2.45) is 11.8 Å². The van der Waals surface area contributed by atoms with E-state index in [-0.39, 0.29) is 11.5 Å². The van der Waals surface area contributed by atoms with Gasteiger partial charge in [0, 0.05) is 42.0 Å². The van der Waals surface area contributed by atoms with Gasteiger partial charge in [-0.1, -0.05) is 0 Å². The second kappa shape index (κ2) is 4.99. The molecule has 2 aliphatic heterocycles. The lowest BCUT2D eigenvalue weighted by atomic mass is 9.66. The second-order valence-corrected chi connectivity index (χ2v) is 7.77. The number of pyridine rings is 1. The van der Waals surface area contributed by atoms with Gasteiger partial charge in [0.05, 0.1) is 5.52 Å². The fourth-order valence-electron chi connectivity index (χ4n) is 4.98. The standard InChI is InChI=1S/C19H23N3O2/c1-22-8-10-5-11(9-22)18(10)21-19-12-3-2-4-14(12)20-15-7-17(24)16(23)6-13(15)19/h6-7,10-11,18,23-24H,2-5,8-9H2,1H3,(H,20,21). The molecule has 5 nitrogen and oxygen atoms in total. The van der Waals surface area contributed by atoms with E-state index in [4.69, 9.17) is 4.98 Å². The largest absolute Gasteiger partial charge is 0.504 e. The topological polar surface area (TPSA) is 68.6 Å². The Morgan fingerprint density at radius 1 is 1.12 bits per heavy atom. The number of aromatic hydroxyl groups is 2. The monoisotopic (exact) mass is 325 g/mol. The lowest BCUT2D eigenvalue weighted by Gasteiger charge is -2.53. The summed E-state index contributed by atoms with van der Waals surface area (Å²) in [6.07, 6.45) is 4.50. The minimum absolute atomic E-state index is 0.0705. The molecule has 0 radical (unpaired) electrons. The van der Waals surface area contributed by atoms with Crippen molar-refractivity contribution in [3.8, 4) is 11.5 Å². The van der Waals surface area contributed by atoms with Gasteiger partial charge in [-0.3, -0.25) is 4.98 Å². The molecular weight excluding hydrogens is 302 g/mol. The molecule has 0 amide bonds. The number of aryl methyl sites for hydroxylation is 1. The number of hydrogen-bond donors (Lipinski definition) is 3. The van der Waals surface area contributed by atoms with E-state index in [1.54, 1.807) is 12.1 Å². The summed E-state index contributed by atoms with van der Waals surface area (Å²) >= 11 is 0. The maximum atomic E-state index is 9.98. The third-order valence-corrected chi connectivity index (χ3v) is 6.13. The van der Waals surface area contributed by atoms with Crippen molar-refractivity contribution < 1.29 is 10.2 Å². The van der Waals surface area contributed by atoms with Crippen LogP contribution in [0.1, 0.15) is 24.1 Å². The van der Waals surface area contributed by atoms with E-state index in [2.05, 4.69) is 17.3 Å². The average molecular weight is 325 g/mol. The molecule has 5 heteroatoms. The van der Waals surface area contributed by atoms with Crippen LogP contribution in [0.25, 0.3) is 10.9 Å². The number of phenols is 2. The van der Waals surface area contributed by atoms with E-state index in [0.717, 1.165) is 54.6 Å². The first kappa shape index (κ1) is 14.3. The number of fused-ring (bicyclic) bond motifs is 4. The molecule has 1 aromatic heterocycles. The number of aromatic nitrogens is 1. The van der Waals surface area contributed by atoms with Crippen molar-refractivity contribution in [2.45, 2.75) is 31.7 Å². The lowest BCUT2D eigenvalue weighted by molar-refractivity contribution is 0.0270. The Labute approximate surface area is 141 Å². The van der Waals surface area contributed by atoms with Crippen LogP contribution in [0.4, 0.5) is 5.69 Å². The molecule has 126 valence electrons. The van der Waals surface area contributed by atoms with Crippen LogP contribution >= 0.6 is 0 Å². The maximum Gasteiger partial charge on any atom is 0.159 e. The van der Waals surface area contributed by atoms with E-state index < -0.39 is 0 Å². The molecule has 2 aliphatic carbocycles. The molecular formula is C19H23N3O2. The van der Waals surface area contributed by atoms with Crippen LogP contribution in [0.5, 0.6) is 11.5 Å². The molecule has 1 aromatic carbocycles. The van der Waals surface area contributed by atoms with Crippen LogP contribution in [-0.2, 0) is 12.8 Å². The predicted molar refractivity (Wildman–Crippen MR) is 93.6 cm³/mol. The van der Waals surface area contributed by atoms with E-state index in [1.165, 1.54) is 12.0 Å². The molecule has 3 heterocycles. The van der Waals surface area contributed by atoms with Crippen LogP contribution in [0.15, 0.2) is 12.1 Å². The third-order valence-electron chi connectivity index (χ3n) is 6.13. The van der Waals surface area contributed by atoms with E-state index in [0.29, 0.717) is 17.9 Å². The molecule has 2 bridgehead atoms. The first-order valence-electron chi connectivity index (χ1n) is 8.92. The molecule has 1 saturated carbocycles. The Morgan fingerprint density at radius 3 is 2.67 bits per heavy atom. The van der Waals surface area contributed by atoms with Gasteiger partial charge in [0.15, 0.2) is 11.5 Å². The Bertz CT molecular complexity index is 823. The van der Waals surface area contributed by atoms with Crippen molar-refractivity contribution in [2.75, 3.05) is 25.5 Å². The van der Waals surface area contributed by atoms with E-state index >= 15 is 0 Å². The third kappa shape index (κ3) is 2.00. The normalized spacial score (nSPS) is 28.6. The Hall–Kier alpha value is -2.01. The van der Waals surface area contributed by atoms with Crippen LogP contribution in [0.3, 0.4) is 0 Å². The quantitative estimate of drug-likeness (QED) is 0.740. The number of nitrogens with zero attached hydrogens (tertiary/aromatic N) is 2. The van der Waals surface area contributed by atoms with Gasteiger partial charge in [-0.25, -0.2) is 0 Å². The minimum atomic E-state index is -0.0963. The first-order chi connectivity index (χ1) is 11.6. The van der Waals surface area contributed by atoms with Gasteiger partial charge in [0.1, 0.15) is 0 Å². The molecule has 2 unspecified atom stereocenters. The van der Waals surface area contributed by atoms with Gasteiger partial charge in [-0.2, -0.15) is 0 Å². The zero-order valence-corrected chi connectivity index (χ0v) is 13.9. The second-order valence-electron chi connectivity index (χ2n) is 7.77. The highest BCUT2D eigenvalue weighted by Gasteiger charge is 2.46. The summed E-state index contributed by atoms with van der Waals surface area (Å²) in [7, 11) is 2.20. The Balaban J connectivity index is 1.60. The van der Waals surface area contributed by atoms with Crippen molar-refractivity contribution in [1.29, 1.82) is 0 Å². The highest BCUT2D eigenvalue weighted by molar-refractivity contribution is 5.96. The van der Waals surface area contributed by atoms with Crippen molar-refractivity contribution in [3.63, 3.8) is 0 Å². The summed E-state index contributed by atoms with van der Waals surface area (Å²) in [5.41, 5.74) is 4.38. The number of piperidine rings is 2. The summed E-state index contributed by atoms with van der Waals surface area (Å²) in [5, 5.41) is 24.6. The first-order valence-corrected chi connectivity index (χ1v) is 8.92. The molecule has 2 saturated heterocycles. The van der Waals surface area contributed by atoms with Crippen molar-refractivity contribution in [1.82, 2.24) is 9.88 Å². The molecule has 24 heavy (non-hydrogen) atoms. The number of anilines is 1. The Kier molecular flexibility index (Phi) is 2.98. The molecule has 4 aliphatic rings. The summed E-state index contributed by atoms with van der Waals surface area (Å²) < 4.78 is 0. The molecule has 2 aromatic rings. The zero-order chi connectivity index (χ0) is 16.4. The highest BCUT2D eigenvalue weighted by atomic mass is 16.3. The van der Waals surface area contributed by atoms with Crippen LogP contribution in [0.2, 0.25) is 0 Å². The Morgan fingerprint density at radius 2 is 1.88 bits per heavy atom. The fourth-order valence-corrected chi connectivity index (χ4v) is 4.98. The predicted octanol–water partition coefficient (Wildman–Crippen LogP) is 2.50. The average Bonchev–Trinajstić information content (AvgIpc) is 3.00. The van der Waals surface area contributed by atoms with Gasteiger partial charge in [-0.05, 0) is 56.2 Å². The smallest absolute Gasteiger partial charge is 0.159 e. The fraction of sp³-hybridized carbons (Fsp3) is 0.526. The number of nitrogens with one attached hydrogen (secondary N) is 1.